The van der Waals surface area contributed by atoms with E-state index in [1.165, 1.54) is 12.1 Å². The summed E-state index contributed by atoms with van der Waals surface area (Å²) in [5.74, 6) is 0.267. The third-order valence-electron chi connectivity index (χ3n) is 4.26. The van der Waals surface area contributed by atoms with Crippen molar-refractivity contribution in [3.8, 4) is 0 Å². The van der Waals surface area contributed by atoms with Gasteiger partial charge in [0, 0.05) is 6.54 Å². The Hall–Kier alpha value is -1.64. The highest BCUT2D eigenvalue weighted by Gasteiger charge is 2.31. The summed E-state index contributed by atoms with van der Waals surface area (Å²) in [7, 11) is -3.80. The number of carbonyl (C=O) groups is 1. The quantitative estimate of drug-likeness (QED) is 0.525. The standard InChI is InChI=1S/C20H31NO6S/c1-15-6-8-18(9-7-15)28(23,24)26-11-10-25-17-12-16(2)13-21(14-17)19(22)27-20(3,4)5/h6-9,16-17H,10-14H2,1-5H3/t16-,17+/m0/s1. The maximum absolute atomic E-state index is 12.3. The van der Waals surface area contributed by atoms with Gasteiger partial charge in [-0.05, 0) is 52.2 Å². The fourth-order valence-electron chi connectivity index (χ4n) is 3.02. The molecule has 0 saturated carbocycles. The molecule has 7 nitrogen and oxygen atoms in total. The van der Waals surface area contributed by atoms with E-state index in [9.17, 15) is 13.2 Å². The summed E-state index contributed by atoms with van der Waals surface area (Å²) in [4.78, 5) is 14.1. The Kier molecular flexibility index (Phi) is 7.47. The monoisotopic (exact) mass is 413 g/mol. The lowest BCUT2D eigenvalue weighted by molar-refractivity contribution is -0.0372. The topological polar surface area (TPSA) is 82.1 Å². The van der Waals surface area contributed by atoms with Crippen molar-refractivity contribution in [1.29, 1.82) is 0 Å². The largest absolute Gasteiger partial charge is 0.444 e. The molecule has 0 aliphatic carbocycles. The molecule has 28 heavy (non-hydrogen) atoms. The van der Waals surface area contributed by atoms with E-state index in [0.717, 1.165) is 12.0 Å². The molecule has 1 aliphatic rings. The Morgan fingerprint density at radius 3 is 2.39 bits per heavy atom. The van der Waals surface area contributed by atoms with Gasteiger partial charge in [0.1, 0.15) is 5.60 Å². The Morgan fingerprint density at radius 2 is 1.79 bits per heavy atom. The zero-order valence-electron chi connectivity index (χ0n) is 17.3. The number of rotatable bonds is 6. The molecule has 0 spiro atoms. The third kappa shape index (κ3) is 7.07. The van der Waals surface area contributed by atoms with E-state index in [4.69, 9.17) is 13.7 Å². The Labute approximate surface area is 168 Å². The molecule has 1 amide bonds. The van der Waals surface area contributed by atoms with Crippen molar-refractivity contribution in [3.63, 3.8) is 0 Å². The predicted molar refractivity (Wildman–Crippen MR) is 106 cm³/mol. The summed E-state index contributed by atoms with van der Waals surface area (Å²) in [5.41, 5.74) is 0.426. The van der Waals surface area contributed by atoms with E-state index < -0.39 is 15.7 Å². The summed E-state index contributed by atoms with van der Waals surface area (Å²) in [5, 5.41) is 0. The first-order valence-electron chi connectivity index (χ1n) is 9.52. The summed E-state index contributed by atoms with van der Waals surface area (Å²) in [6.07, 6.45) is 0.261. The zero-order chi connectivity index (χ0) is 20.9. The van der Waals surface area contributed by atoms with Gasteiger partial charge in [-0.25, -0.2) is 4.79 Å². The van der Waals surface area contributed by atoms with Crippen LogP contribution >= 0.6 is 0 Å². The lowest BCUT2D eigenvalue weighted by Gasteiger charge is -2.37. The fourth-order valence-corrected chi connectivity index (χ4v) is 3.92. The van der Waals surface area contributed by atoms with Crippen molar-refractivity contribution in [3.05, 3.63) is 29.8 Å². The van der Waals surface area contributed by atoms with Crippen molar-refractivity contribution < 1.29 is 26.9 Å². The molecule has 158 valence electrons. The summed E-state index contributed by atoms with van der Waals surface area (Å²) >= 11 is 0. The maximum atomic E-state index is 12.3. The second-order valence-corrected chi connectivity index (χ2v) is 9.92. The molecular weight excluding hydrogens is 382 g/mol. The van der Waals surface area contributed by atoms with Crippen molar-refractivity contribution >= 4 is 16.2 Å². The van der Waals surface area contributed by atoms with Gasteiger partial charge in [0.15, 0.2) is 0 Å². The van der Waals surface area contributed by atoms with Crippen molar-refractivity contribution in [2.45, 2.75) is 57.6 Å². The predicted octanol–water partition coefficient (Wildman–Crippen LogP) is 3.36. The van der Waals surface area contributed by atoms with Gasteiger partial charge in [-0.2, -0.15) is 8.42 Å². The third-order valence-corrected chi connectivity index (χ3v) is 5.58. The lowest BCUT2D eigenvalue weighted by atomic mass is 9.98. The van der Waals surface area contributed by atoms with Crippen LogP contribution in [-0.2, 0) is 23.8 Å². The van der Waals surface area contributed by atoms with Crippen LogP contribution in [0.5, 0.6) is 0 Å². The van der Waals surface area contributed by atoms with E-state index >= 15 is 0 Å². The second kappa shape index (κ2) is 9.24. The van der Waals surface area contributed by atoms with Crippen LogP contribution in [-0.4, -0.2) is 57.4 Å². The average Bonchev–Trinajstić information content (AvgIpc) is 2.57. The van der Waals surface area contributed by atoms with Crippen molar-refractivity contribution in [1.82, 2.24) is 4.90 Å². The smallest absolute Gasteiger partial charge is 0.410 e. The molecule has 8 heteroatoms. The van der Waals surface area contributed by atoms with E-state index in [1.54, 1.807) is 17.0 Å². The van der Waals surface area contributed by atoms with Crippen LogP contribution < -0.4 is 0 Å². The normalized spacial score (nSPS) is 20.8. The number of aryl methyl sites for hydroxylation is 1. The van der Waals surface area contributed by atoms with Gasteiger partial charge in [-0.1, -0.05) is 24.6 Å². The molecule has 0 unspecified atom stereocenters. The molecule has 1 aromatic carbocycles. The molecule has 0 aromatic heterocycles. The fraction of sp³-hybridized carbons (Fsp3) is 0.650. The molecule has 1 heterocycles. The van der Waals surface area contributed by atoms with E-state index in [-0.39, 0.29) is 36.2 Å². The van der Waals surface area contributed by atoms with Gasteiger partial charge in [0.2, 0.25) is 0 Å². The van der Waals surface area contributed by atoms with Gasteiger partial charge in [-0.3, -0.25) is 4.18 Å². The highest BCUT2D eigenvalue weighted by atomic mass is 32.2. The number of likely N-dealkylation sites (tertiary alicyclic amines) is 1. The minimum Gasteiger partial charge on any atom is -0.444 e. The summed E-state index contributed by atoms with van der Waals surface area (Å²) < 4.78 is 40.6. The van der Waals surface area contributed by atoms with Gasteiger partial charge >= 0.3 is 6.09 Å². The number of ether oxygens (including phenoxy) is 2. The molecule has 0 N–H and O–H groups in total. The van der Waals surface area contributed by atoms with Crippen LogP contribution in [0.15, 0.2) is 29.2 Å². The molecule has 1 aromatic rings. The molecule has 2 atom stereocenters. The SMILES string of the molecule is Cc1ccc(S(=O)(=O)OCCO[C@@H]2C[C@H](C)CN(C(=O)OC(C)(C)C)C2)cc1. The molecule has 1 aliphatic heterocycles. The number of hydrogen-bond acceptors (Lipinski definition) is 6. The van der Waals surface area contributed by atoms with Crippen LogP contribution in [0.1, 0.15) is 39.7 Å². The van der Waals surface area contributed by atoms with Gasteiger partial charge in [0.25, 0.3) is 10.1 Å². The first-order chi connectivity index (χ1) is 13.0. The number of benzene rings is 1. The second-order valence-electron chi connectivity index (χ2n) is 8.31. The molecule has 2 rings (SSSR count). The highest BCUT2D eigenvalue weighted by molar-refractivity contribution is 7.86. The maximum Gasteiger partial charge on any atom is 0.410 e. The Morgan fingerprint density at radius 1 is 1.14 bits per heavy atom. The minimum absolute atomic E-state index is 0.0759. The number of nitrogens with zero attached hydrogens (tertiary/aromatic N) is 1. The van der Waals surface area contributed by atoms with Crippen LogP contribution in [0.3, 0.4) is 0 Å². The highest BCUT2D eigenvalue weighted by Crippen LogP contribution is 2.21. The minimum atomic E-state index is -3.80. The molecule has 0 radical (unpaired) electrons. The number of carbonyl (C=O) groups excluding carboxylic acids is 1. The summed E-state index contributed by atoms with van der Waals surface area (Å²) in [6.45, 7) is 10.5. The van der Waals surface area contributed by atoms with Crippen molar-refractivity contribution in [2.75, 3.05) is 26.3 Å². The molecule has 0 bridgehead atoms. The van der Waals surface area contributed by atoms with Gasteiger partial charge < -0.3 is 14.4 Å². The van der Waals surface area contributed by atoms with Gasteiger partial charge in [0.05, 0.1) is 30.8 Å². The van der Waals surface area contributed by atoms with Crippen LogP contribution in [0.2, 0.25) is 0 Å². The lowest BCUT2D eigenvalue weighted by Crippen LogP contribution is -2.48. The molecule has 1 fully saturated rings. The zero-order valence-corrected chi connectivity index (χ0v) is 18.1. The van der Waals surface area contributed by atoms with Crippen molar-refractivity contribution in [2.24, 2.45) is 5.92 Å². The number of piperidine rings is 1. The van der Waals surface area contributed by atoms with E-state index in [0.29, 0.717) is 13.1 Å². The van der Waals surface area contributed by atoms with Crippen LogP contribution in [0.25, 0.3) is 0 Å². The number of hydrogen-bond donors (Lipinski definition) is 0. The first-order valence-corrected chi connectivity index (χ1v) is 10.9. The van der Waals surface area contributed by atoms with Gasteiger partial charge in [-0.15, -0.1) is 0 Å². The first kappa shape index (κ1) is 22.6. The van der Waals surface area contributed by atoms with E-state index in [1.807, 2.05) is 34.6 Å². The van der Waals surface area contributed by atoms with Crippen LogP contribution in [0.4, 0.5) is 4.79 Å². The van der Waals surface area contributed by atoms with E-state index in [2.05, 4.69) is 0 Å². The summed E-state index contributed by atoms with van der Waals surface area (Å²) in [6, 6.07) is 6.49. The Bertz CT molecular complexity index is 754. The molecule has 1 saturated heterocycles. The average molecular weight is 414 g/mol. The Balaban J connectivity index is 1.81. The van der Waals surface area contributed by atoms with Crippen LogP contribution in [0, 0.1) is 12.8 Å². The number of amides is 1. The molecular formula is C20H31NO6S.